The zero-order valence-electron chi connectivity index (χ0n) is 14.4. The lowest BCUT2D eigenvalue weighted by Crippen LogP contribution is -1.87. The third kappa shape index (κ3) is 2.04. The Balaban J connectivity index is 1.83. The minimum Gasteiger partial charge on any atom is -0.344 e. The van der Waals surface area contributed by atoms with Gasteiger partial charge >= 0.3 is 0 Å². The fourth-order valence-corrected chi connectivity index (χ4v) is 4.71. The van der Waals surface area contributed by atoms with Gasteiger partial charge in [-0.15, -0.1) is 11.3 Å². The van der Waals surface area contributed by atoms with Crippen molar-refractivity contribution in [3.63, 3.8) is 0 Å². The van der Waals surface area contributed by atoms with Gasteiger partial charge in [-0.05, 0) is 37.1 Å². The molecule has 0 unspecified atom stereocenters. The molecular weight excluding hydrogens is 326 g/mol. The summed E-state index contributed by atoms with van der Waals surface area (Å²) in [5, 5.41) is 2.60. The van der Waals surface area contributed by atoms with Gasteiger partial charge in [-0.3, -0.25) is 9.97 Å². The van der Waals surface area contributed by atoms with Crippen LogP contribution in [-0.4, -0.2) is 14.5 Å². The highest BCUT2D eigenvalue weighted by Crippen LogP contribution is 2.38. The Bertz CT molecular complexity index is 1280. The van der Waals surface area contributed by atoms with Crippen LogP contribution in [0, 0.1) is 13.8 Å². The molecule has 0 aliphatic carbocycles. The smallest absolute Gasteiger partial charge is 0.108 e. The van der Waals surface area contributed by atoms with Crippen LogP contribution >= 0.6 is 11.3 Å². The van der Waals surface area contributed by atoms with Crippen molar-refractivity contribution >= 4 is 44.2 Å². The van der Waals surface area contributed by atoms with E-state index in [9.17, 15) is 0 Å². The number of benzene rings is 2. The van der Waals surface area contributed by atoms with Crippen molar-refractivity contribution in [1.29, 1.82) is 0 Å². The van der Waals surface area contributed by atoms with Crippen molar-refractivity contribution in [3.05, 3.63) is 59.2 Å². The zero-order valence-corrected chi connectivity index (χ0v) is 15.2. The molecule has 0 radical (unpaired) electrons. The number of rotatable bonds is 1. The van der Waals surface area contributed by atoms with E-state index in [1.807, 2.05) is 0 Å². The molecule has 3 heterocycles. The lowest BCUT2D eigenvalue weighted by molar-refractivity contribution is 1.01. The largest absolute Gasteiger partial charge is 0.344 e. The van der Waals surface area contributed by atoms with Crippen LogP contribution in [0.5, 0.6) is 0 Å². The summed E-state index contributed by atoms with van der Waals surface area (Å²) in [7, 11) is 2.14. The van der Waals surface area contributed by atoms with E-state index in [1.54, 1.807) is 23.7 Å². The highest BCUT2D eigenvalue weighted by molar-refractivity contribution is 7.17. The fraction of sp³-hybridized carbons (Fsp3) is 0.143. The topological polar surface area (TPSA) is 30.7 Å². The van der Waals surface area contributed by atoms with Crippen molar-refractivity contribution < 1.29 is 0 Å². The van der Waals surface area contributed by atoms with Gasteiger partial charge < -0.3 is 4.57 Å². The molecule has 25 heavy (non-hydrogen) atoms. The van der Waals surface area contributed by atoms with Crippen LogP contribution in [0.3, 0.4) is 0 Å². The van der Waals surface area contributed by atoms with Gasteiger partial charge in [-0.25, -0.2) is 0 Å². The van der Waals surface area contributed by atoms with Crippen LogP contribution in [0.15, 0.2) is 48.8 Å². The zero-order chi connectivity index (χ0) is 17.1. The van der Waals surface area contributed by atoms with E-state index in [0.717, 1.165) is 11.0 Å². The first-order chi connectivity index (χ1) is 12.1. The molecule has 2 aromatic carbocycles. The van der Waals surface area contributed by atoms with Crippen molar-refractivity contribution in [2.24, 2.45) is 7.05 Å². The number of nitrogens with zero attached hydrogens (tertiary/aromatic N) is 3. The molecule has 122 valence electrons. The van der Waals surface area contributed by atoms with Crippen LogP contribution < -0.4 is 0 Å². The second-order valence-corrected chi connectivity index (χ2v) is 7.78. The molecule has 0 atom stereocenters. The molecule has 0 saturated carbocycles. The van der Waals surface area contributed by atoms with Gasteiger partial charge in [0.2, 0.25) is 0 Å². The Kier molecular flexibility index (Phi) is 3.00. The summed E-state index contributed by atoms with van der Waals surface area (Å²) in [4.78, 5) is 11.5. The Hall–Kier alpha value is -2.72. The molecule has 3 aromatic heterocycles. The number of aromatic nitrogens is 3. The third-order valence-corrected chi connectivity index (χ3v) is 6.06. The standard InChI is InChI=1S/C21H17N3S/c1-12-4-6-15-16-7-5-14(11-18(16)24(3)17(15)10-12)21-20-19(13(2)25-21)22-8-9-23-20/h4-11H,1-3H3. The number of fused-ring (bicyclic) bond motifs is 4. The Morgan fingerprint density at radius 3 is 2.32 bits per heavy atom. The summed E-state index contributed by atoms with van der Waals surface area (Å²) in [6.07, 6.45) is 3.54. The maximum atomic E-state index is 4.58. The molecule has 0 N–H and O–H groups in total. The molecule has 5 aromatic rings. The van der Waals surface area contributed by atoms with E-state index in [1.165, 1.54) is 42.7 Å². The SMILES string of the molecule is Cc1ccc2c3ccc(-c4sc(C)c5nccnc45)cc3n(C)c2c1. The van der Waals surface area contributed by atoms with E-state index in [-0.39, 0.29) is 0 Å². The summed E-state index contributed by atoms with van der Waals surface area (Å²) in [5.41, 5.74) is 7.03. The molecule has 0 aliphatic heterocycles. The predicted octanol–water partition coefficient (Wildman–Crippen LogP) is 5.62. The van der Waals surface area contributed by atoms with Crippen LogP contribution in [0.4, 0.5) is 0 Å². The van der Waals surface area contributed by atoms with Gasteiger partial charge in [0.25, 0.3) is 0 Å². The predicted molar refractivity (Wildman–Crippen MR) is 106 cm³/mol. The second-order valence-electron chi connectivity index (χ2n) is 6.55. The average Bonchev–Trinajstić information content (AvgIpc) is 3.11. The molecule has 0 aliphatic rings. The summed E-state index contributed by atoms with van der Waals surface area (Å²) in [6, 6.07) is 13.4. The Labute approximate surface area is 149 Å². The molecule has 3 nitrogen and oxygen atoms in total. The molecule has 0 fully saturated rings. The molecule has 0 bridgehead atoms. The summed E-state index contributed by atoms with van der Waals surface area (Å²) < 4.78 is 2.29. The van der Waals surface area contributed by atoms with Gasteiger partial charge in [-0.2, -0.15) is 0 Å². The molecule has 5 rings (SSSR count). The van der Waals surface area contributed by atoms with Crippen molar-refractivity contribution in [2.75, 3.05) is 0 Å². The van der Waals surface area contributed by atoms with E-state index in [2.05, 4.69) is 71.8 Å². The lowest BCUT2D eigenvalue weighted by atomic mass is 10.1. The van der Waals surface area contributed by atoms with Crippen LogP contribution in [0.1, 0.15) is 10.4 Å². The monoisotopic (exact) mass is 343 g/mol. The van der Waals surface area contributed by atoms with E-state index in [4.69, 9.17) is 0 Å². The van der Waals surface area contributed by atoms with Gasteiger partial charge in [0.05, 0.1) is 4.88 Å². The Morgan fingerprint density at radius 1 is 0.840 bits per heavy atom. The first-order valence-electron chi connectivity index (χ1n) is 8.33. The number of hydrogen-bond donors (Lipinski definition) is 0. The van der Waals surface area contributed by atoms with Crippen molar-refractivity contribution in [1.82, 2.24) is 14.5 Å². The van der Waals surface area contributed by atoms with Gasteiger partial charge in [0.1, 0.15) is 11.0 Å². The first kappa shape index (κ1) is 14.6. The van der Waals surface area contributed by atoms with Gasteiger partial charge in [0.15, 0.2) is 0 Å². The van der Waals surface area contributed by atoms with Crippen LogP contribution in [-0.2, 0) is 7.05 Å². The fourth-order valence-electron chi connectivity index (χ4n) is 3.66. The molecular formula is C21H17N3S. The number of hydrogen-bond acceptors (Lipinski definition) is 3. The minimum absolute atomic E-state index is 0.999. The second kappa shape index (κ2) is 5.14. The van der Waals surface area contributed by atoms with Gasteiger partial charge in [0, 0.05) is 46.1 Å². The quantitative estimate of drug-likeness (QED) is 0.395. The molecule has 0 saturated heterocycles. The first-order valence-corrected chi connectivity index (χ1v) is 9.14. The van der Waals surface area contributed by atoms with E-state index >= 15 is 0 Å². The lowest BCUT2D eigenvalue weighted by Gasteiger charge is -2.02. The number of aryl methyl sites for hydroxylation is 3. The molecule has 0 amide bonds. The summed E-state index contributed by atoms with van der Waals surface area (Å²) in [5.74, 6) is 0. The summed E-state index contributed by atoms with van der Waals surface area (Å²) >= 11 is 1.77. The minimum atomic E-state index is 0.999. The third-order valence-electron chi connectivity index (χ3n) is 4.93. The van der Waals surface area contributed by atoms with E-state index < -0.39 is 0 Å². The summed E-state index contributed by atoms with van der Waals surface area (Å²) in [6.45, 7) is 4.26. The normalized spacial score (nSPS) is 11.8. The van der Waals surface area contributed by atoms with Crippen LogP contribution in [0.2, 0.25) is 0 Å². The Morgan fingerprint density at radius 2 is 1.52 bits per heavy atom. The maximum absolute atomic E-state index is 4.58. The van der Waals surface area contributed by atoms with E-state index in [0.29, 0.717) is 0 Å². The highest BCUT2D eigenvalue weighted by Gasteiger charge is 2.15. The number of thiophene rings is 1. The van der Waals surface area contributed by atoms with Gasteiger partial charge in [-0.1, -0.05) is 24.3 Å². The van der Waals surface area contributed by atoms with Crippen LogP contribution in [0.25, 0.3) is 43.3 Å². The van der Waals surface area contributed by atoms with Crippen molar-refractivity contribution in [2.45, 2.75) is 13.8 Å². The highest BCUT2D eigenvalue weighted by atomic mass is 32.1. The van der Waals surface area contributed by atoms with Crippen molar-refractivity contribution in [3.8, 4) is 10.4 Å². The molecule has 4 heteroatoms. The average molecular weight is 343 g/mol. The maximum Gasteiger partial charge on any atom is 0.108 e. The molecule has 0 spiro atoms.